The Morgan fingerprint density at radius 3 is 2.56 bits per heavy atom. The zero-order chi connectivity index (χ0) is 12.1. The van der Waals surface area contributed by atoms with Gasteiger partial charge >= 0.3 is 0 Å². The highest BCUT2D eigenvalue weighted by Crippen LogP contribution is 2.27. The molecule has 1 aromatic carbocycles. The average molecular weight is 229 g/mol. The first-order valence-electron chi connectivity index (χ1n) is 5.39. The number of hydrogen-bond donors (Lipinski definition) is 1. The fourth-order valence-corrected chi connectivity index (χ4v) is 1.42. The molecule has 2 N–H and O–H groups in total. The number of aryl methyl sites for hydroxylation is 1. The Bertz CT molecular complexity index is 353. The van der Waals surface area contributed by atoms with Gasteiger partial charge in [-0.25, -0.2) is 4.39 Å². The van der Waals surface area contributed by atoms with Crippen LogP contribution >= 0.6 is 0 Å². The molecule has 0 amide bonds. The number of rotatable bonds is 5. The molecule has 0 bridgehead atoms. The van der Waals surface area contributed by atoms with Crippen molar-refractivity contribution in [2.75, 3.05) is 6.54 Å². The fourth-order valence-electron chi connectivity index (χ4n) is 1.42. The lowest BCUT2D eigenvalue weighted by Gasteiger charge is -2.15. The van der Waals surface area contributed by atoms with Crippen LogP contribution in [0.15, 0.2) is 12.1 Å². The van der Waals surface area contributed by atoms with E-state index in [1.54, 1.807) is 19.9 Å². The average Bonchev–Trinajstić information content (AvgIpc) is 2.23. The van der Waals surface area contributed by atoms with Gasteiger partial charge in [-0.3, -0.25) is 0 Å². The molecule has 0 aliphatic heterocycles. The van der Waals surface area contributed by atoms with Gasteiger partial charge in [0, 0.05) is 0 Å². The standard InChI is InChI=1S/C12H17F2NO/c1-8(2)16-12-9(4-3-7-15)5-6-10(13)11(12)14/h5-6,8H,3-4,7,15H2,1-2H3. The second-order valence-corrected chi connectivity index (χ2v) is 3.91. The highest BCUT2D eigenvalue weighted by atomic mass is 19.2. The van der Waals surface area contributed by atoms with Crippen molar-refractivity contribution in [3.8, 4) is 5.75 Å². The van der Waals surface area contributed by atoms with E-state index in [1.165, 1.54) is 0 Å². The van der Waals surface area contributed by atoms with Crippen LogP contribution < -0.4 is 10.5 Å². The van der Waals surface area contributed by atoms with Crippen molar-refractivity contribution in [2.45, 2.75) is 32.8 Å². The Morgan fingerprint density at radius 1 is 1.31 bits per heavy atom. The Kier molecular flexibility index (Phi) is 4.68. The summed E-state index contributed by atoms with van der Waals surface area (Å²) in [5.41, 5.74) is 6.05. The van der Waals surface area contributed by atoms with E-state index in [0.717, 1.165) is 12.5 Å². The van der Waals surface area contributed by atoms with Crippen LogP contribution in [0.1, 0.15) is 25.8 Å². The van der Waals surface area contributed by atoms with Gasteiger partial charge in [-0.05, 0) is 44.9 Å². The van der Waals surface area contributed by atoms with Gasteiger partial charge in [0.05, 0.1) is 6.10 Å². The van der Waals surface area contributed by atoms with Crippen molar-refractivity contribution in [2.24, 2.45) is 5.73 Å². The molecule has 0 radical (unpaired) electrons. The van der Waals surface area contributed by atoms with Crippen molar-refractivity contribution in [3.63, 3.8) is 0 Å². The topological polar surface area (TPSA) is 35.2 Å². The van der Waals surface area contributed by atoms with E-state index in [1.807, 2.05) is 0 Å². The van der Waals surface area contributed by atoms with E-state index < -0.39 is 11.6 Å². The first kappa shape index (κ1) is 12.9. The fraction of sp³-hybridized carbons (Fsp3) is 0.500. The van der Waals surface area contributed by atoms with Crippen molar-refractivity contribution in [1.82, 2.24) is 0 Å². The predicted molar refractivity (Wildman–Crippen MR) is 59.5 cm³/mol. The van der Waals surface area contributed by atoms with Crippen LogP contribution in [0.25, 0.3) is 0 Å². The van der Waals surface area contributed by atoms with Gasteiger partial charge < -0.3 is 10.5 Å². The number of hydrogen-bond acceptors (Lipinski definition) is 2. The van der Waals surface area contributed by atoms with Gasteiger partial charge in [-0.2, -0.15) is 4.39 Å². The summed E-state index contributed by atoms with van der Waals surface area (Å²) >= 11 is 0. The molecular weight excluding hydrogens is 212 g/mol. The predicted octanol–water partition coefficient (Wildman–Crippen LogP) is 2.64. The summed E-state index contributed by atoms with van der Waals surface area (Å²) in [5.74, 6) is -1.78. The molecule has 0 atom stereocenters. The largest absolute Gasteiger partial charge is 0.488 e. The summed E-state index contributed by atoms with van der Waals surface area (Å²) in [4.78, 5) is 0. The van der Waals surface area contributed by atoms with Gasteiger partial charge in [0.25, 0.3) is 0 Å². The van der Waals surface area contributed by atoms with E-state index in [0.29, 0.717) is 18.5 Å². The number of benzene rings is 1. The zero-order valence-electron chi connectivity index (χ0n) is 9.59. The van der Waals surface area contributed by atoms with Crippen LogP contribution in [0.5, 0.6) is 5.75 Å². The Balaban J connectivity index is 3.01. The zero-order valence-corrected chi connectivity index (χ0v) is 9.59. The lowest BCUT2D eigenvalue weighted by Crippen LogP contribution is -2.11. The molecule has 0 aliphatic carbocycles. The smallest absolute Gasteiger partial charge is 0.200 e. The van der Waals surface area contributed by atoms with Crippen LogP contribution in [0, 0.1) is 11.6 Å². The van der Waals surface area contributed by atoms with Crippen LogP contribution in [0.4, 0.5) is 8.78 Å². The van der Waals surface area contributed by atoms with Gasteiger partial charge in [0.15, 0.2) is 11.6 Å². The van der Waals surface area contributed by atoms with E-state index >= 15 is 0 Å². The van der Waals surface area contributed by atoms with Gasteiger partial charge in [0.1, 0.15) is 0 Å². The molecule has 0 unspecified atom stereocenters. The second-order valence-electron chi connectivity index (χ2n) is 3.91. The molecule has 0 saturated carbocycles. The van der Waals surface area contributed by atoms with Crippen LogP contribution in [-0.4, -0.2) is 12.6 Å². The molecule has 90 valence electrons. The molecule has 4 heteroatoms. The van der Waals surface area contributed by atoms with Crippen LogP contribution in [0.2, 0.25) is 0 Å². The third kappa shape index (κ3) is 3.17. The Labute approximate surface area is 94.4 Å². The molecule has 16 heavy (non-hydrogen) atoms. The van der Waals surface area contributed by atoms with E-state index in [2.05, 4.69) is 0 Å². The molecule has 0 fully saturated rings. The van der Waals surface area contributed by atoms with Crippen molar-refractivity contribution in [3.05, 3.63) is 29.3 Å². The summed E-state index contributed by atoms with van der Waals surface area (Å²) in [6, 6.07) is 2.67. The third-order valence-electron chi connectivity index (χ3n) is 2.14. The maximum Gasteiger partial charge on any atom is 0.200 e. The summed E-state index contributed by atoms with van der Waals surface area (Å²) < 4.78 is 31.9. The summed E-state index contributed by atoms with van der Waals surface area (Å²) in [6.45, 7) is 4.06. The molecule has 2 nitrogen and oxygen atoms in total. The minimum absolute atomic E-state index is 0.0171. The van der Waals surface area contributed by atoms with Crippen molar-refractivity contribution < 1.29 is 13.5 Å². The SMILES string of the molecule is CC(C)Oc1c(CCCN)ccc(F)c1F. The maximum absolute atomic E-state index is 13.5. The second kappa shape index (κ2) is 5.80. The number of ether oxygens (including phenoxy) is 1. The molecule has 0 aromatic heterocycles. The van der Waals surface area contributed by atoms with Gasteiger partial charge in [-0.15, -0.1) is 0 Å². The lowest BCUT2D eigenvalue weighted by molar-refractivity contribution is 0.225. The highest BCUT2D eigenvalue weighted by Gasteiger charge is 2.15. The van der Waals surface area contributed by atoms with Gasteiger partial charge in [-0.1, -0.05) is 6.07 Å². The summed E-state index contributed by atoms with van der Waals surface area (Å²) in [6.07, 6.45) is 1.13. The van der Waals surface area contributed by atoms with E-state index in [4.69, 9.17) is 10.5 Å². The molecule has 0 saturated heterocycles. The molecule has 1 rings (SSSR count). The molecule has 0 spiro atoms. The van der Waals surface area contributed by atoms with E-state index in [-0.39, 0.29) is 11.9 Å². The van der Waals surface area contributed by atoms with Crippen molar-refractivity contribution in [1.29, 1.82) is 0 Å². The van der Waals surface area contributed by atoms with E-state index in [9.17, 15) is 8.78 Å². The summed E-state index contributed by atoms with van der Waals surface area (Å²) in [5, 5.41) is 0. The molecule has 1 aromatic rings. The summed E-state index contributed by atoms with van der Waals surface area (Å²) in [7, 11) is 0. The normalized spacial score (nSPS) is 10.9. The quantitative estimate of drug-likeness (QED) is 0.842. The molecule has 0 aliphatic rings. The monoisotopic (exact) mass is 229 g/mol. The number of halogens is 2. The first-order chi connectivity index (χ1) is 7.56. The Morgan fingerprint density at radius 2 is 2.00 bits per heavy atom. The Hall–Kier alpha value is -1.16. The number of nitrogens with two attached hydrogens (primary N) is 1. The maximum atomic E-state index is 13.5. The van der Waals surface area contributed by atoms with Crippen LogP contribution in [-0.2, 0) is 6.42 Å². The minimum atomic E-state index is -0.914. The van der Waals surface area contributed by atoms with Crippen molar-refractivity contribution >= 4 is 0 Å². The molecular formula is C12H17F2NO. The van der Waals surface area contributed by atoms with Crippen LogP contribution in [0.3, 0.4) is 0 Å². The van der Waals surface area contributed by atoms with Gasteiger partial charge in [0.2, 0.25) is 5.82 Å². The third-order valence-corrected chi connectivity index (χ3v) is 2.14. The minimum Gasteiger partial charge on any atom is -0.488 e. The molecule has 0 heterocycles. The lowest BCUT2D eigenvalue weighted by atomic mass is 10.1. The first-order valence-corrected chi connectivity index (χ1v) is 5.39. The highest BCUT2D eigenvalue weighted by molar-refractivity contribution is 5.36.